The normalized spacial score (nSPS) is 21.5. The van der Waals surface area contributed by atoms with Crippen LogP contribution in [0.1, 0.15) is 75.6 Å². The van der Waals surface area contributed by atoms with Gasteiger partial charge in [-0.15, -0.1) is 0 Å². The number of aryl methyl sites for hydroxylation is 1. The van der Waals surface area contributed by atoms with Crippen LogP contribution in [0, 0.1) is 0 Å². The Bertz CT molecular complexity index is 950. The number of thiocarbonyl (C=S) groups is 1. The number of benzene rings is 1. The molecule has 1 amide bonds. The van der Waals surface area contributed by atoms with Crippen LogP contribution in [0.3, 0.4) is 0 Å². The predicted molar refractivity (Wildman–Crippen MR) is 128 cm³/mol. The number of ether oxygens (including phenoxy) is 1. The molecule has 1 aliphatic carbocycles. The predicted octanol–water partition coefficient (Wildman–Crippen LogP) is 4.13. The van der Waals surface area contributed by atoms with E-state index in [1.54, 1.807) is 0 Å². The summed E-state index contributed by atoms with van der Waals surface area (Å²) in [5, 5.41) is 5.05. The van der Waals surface area contributed by atoms with Crippen molar-refractivity contribution in [3.8, 4) is 0 Å². The van der Waals surface area contributed by atoms with Gasteiger partial charge in [-0.25, -0.2) is 0 Å². The van der Waals surface area contributed by atoms with E-state index >= 15 is 0 Å². The molecule has 1 fully saturated rings. The molecule has 0 saturated heterocycles. The molecule has 1 aliphatic heterocycles. The van der Waals surface area contributed by atoms with E-state index in [1.165, 1.54) is 41.3 Å². The van der Waals surface area contributed by atoms with Gasteiger partial charge in [-0.05, 0) is 55.4 Å². The third-order valence-electron chi connectivity index (χ3n) is 6.87. The quantitative estimate of drug-likeness (QED) is 0.414. The second-order valence-electron chi connectivity index (χ2n) is 8.78. The Hall–Kier alpha value is -2.12. The van der Waals surface area contributed by atoms with Gasteiger partial charge in [0.15, 0.2) is 5.11 Å². The monoisotopic (exact) mass is 442 g/mol. The van der Waals surface area contributed by atoms with Crippen LogP contribution in [0.5, 0.6) is 0 Å². The van der Waals surface area contributed by atoms with Gasteiger partial charge in [-0.1, -0.05) is 51.3 Å². The topological polar surface area (TPSA) is 78.2 Å². The van der Waals surface area contributed by atoms with E-state index in [9.17, 15) is 4.79 Å². The molecule has 6 nitrogen and oxygen atoms in total. The van der Waals surface area contributed by atoms with Gasteiger partial charge in [0.05, 0.1) is 18.7 Å². The van der Waals surface area contributed by atoms with Crippen LogP contribution in [-0.2, 0) is 28.0 Å². The second-order valence-corrected chi connectivity index (χ2v) is 9.18. The Balaban J connectivity index is 1.46. The molecule has 7 heteroatoms. The SMILES string of the molecule is CCc1cccc2c3c([nH]c12)C(CC)(CC(=O)NNC(=S)NC1CCCCC1)OCC3. The number of nitrogens with one attached hydrogen (secondary N) is 4. The maximum Gasteiger partial charge on any atom is 0.241 e. The summed E-state index contributed by atoms with van der Waals surface area (Å²) in [6, 6.07) is 6.85. The fraction of sp³-hybridized carbons (Fsp3) is 0.583. The lowest BCUT2D eigenvalue weighted by atomic mass is 9.86. The number of hydrogen-bond donors (Lipinski definition) is 4. The number of rotatable bonds is 5. The molecule has 0 spiro atoms. The summed E-state index contributed by atoms with van der Waals surface area (Å²) in [5.74, 6) is -0.128. The van der Waals surface area contributed by atoms with E-state index in [0.717, 1.165) is 31.4 Å². The zero-order chi connectivity index (χ0) is 21.8. The van der Waals surface area contributed by atoms with Crippen LogP contribution >= 0.6 is 12.2 Å². The van der Waals surface area contributed by atoms with Crippen molar-refractivity contribution in [3.05, 3.63) is 35.0 Å². The van der Waals surface area contributed by atoms with Gasteiger partial charge in [0, 0.05) is 16.9 Å². The van der Waals surface area contributed by atoms with Crippen LogP contribution in [-0.4, -0.2) is 28.7 Å². The van der Waals surface area contributed by atoms with Crippen LogP contribution in [0.15, 0.2) is 18.2 Å². The molecule has 1 aromatic carbocycles. The molecule has 1 aromatic heterocycles. The van der Waals surface area contributed by atoms with Crippen LogP contribution in [0.25, 0.3) is 10.9 Å². The number of H-pyrrole nitrogens is 1. The third kappa shape index (κ3) is 4.58. The van der Waals surface area contributed by atoms with Crippen molar-refractivity contribution in [2.24, 2.45) is 0 Å². The number of carbonyl (C=O) groups is 1. The van der Waals surface area contributed by atoms with Crippen molar-refractivity contribution >= 4 is 34.1 Å². The van der Waals surface area contributed by atoms with Crippen molar-refractivity contribution in [2.75, 3.05) is 6.61 Å². The Morgan fingerprint density at radius 3 is 2.77 bits per heavy atom. The summed E-state index contributed by atoms with van der Waals surface area (Å²) < 4.78 is 6.27. The van der Waals surface area contributed by atoms with Crippen molar-refractivity contribution in [2.45, 2.75) is 83.3 Å². The Kier molecular flexibility index (Phi) is 6.82. The average Bonchev–Trinajstić information content (AvgIpc) is 3.19. The zero-order valence-electron chi connectivity index (χ0n) is 18.6. The first kappa shape index (κ1) is 22.1. The lowest BCUT2D eigenvalue weighted by molar-refractivity contribution is -0.133. The minimum Gasteiger partial charge on any atom is -0.368 e. The number of hydrazine groups is 1. The van der Waals surface area contributed by atoms with E-state index in [4.69, 9.17) is 17.0 Å². The molecule has 168 valence electrons. The Morgan fingerprint density at radius 1 is 1.23 bits per heavy atom. The molecular formula is C24H34N4O2S. The Labute approximate surface area is 189 Å². The molecule has 31 heavy (non-hydrogen) atoms. The van der Waals surface area contributed by atoms with Gasteiger partial charge >= 0.3 is 0 Å². The van der Waals surface area contributed by atoms with Gasteiger partial charge in [0.1, 0.15) is 5.60 Å². The maximum atomic E-state index is 12.9. The van der Waals surface area contributed by atoms with Crippen LogP contribution in [0.4, 0.5) is 0 Å². The van der Waals surface area contributed by atoms with Crippen molar-refractivity contribution < 1.29 is 9.53 Å². The highest BCUT2D eigenvalue weighted by atomic mass is 32.1. The number of carbonyl (C=O) groups excluding carboxylic acids is 1. The molecule has 4 N–H and O–H groups in total. The molecule has 0 bridgehead atoms. The first-order valence-electron chi connectivity index (χ1n) is 11.7. The lowest BCUT2D eigenvalue weighted by Crippen LogP contribution is -2.51. The van der Waals surface area contributed by atoms with Crippen molar-refractivity contribution in [3.63, 3.8) is 0 Å². The summed E-state index contributed by atoms with van der Waals surface area (Å²) in [6.07, 6.45) is 8.80. The fourth-order valence-corrected chi connectivity index (χ4v) is 5.36. The van der Waals surface area contributed by atoms with E-state index in [0.29, 0.717) is 24.2 Å². The maximum absolute atomic E-state index is 12.9. The largest absolute Gasteiger partial charge is 0.368 e. The highest BCUT2D eigenvalue weighted by molar-refractivity contribution is 7.80. The second kappa shape index (κ2) is 9.57. The van der Waals surface area contributed by atoms with Gasteiger partial charge in [-0.3, -0.25) is 15.6 Å². The number of amides is 1. The average molecular weight is 443 g/mol. The number of aromatic nitrogens is 1. The lowest BCUT2D eigenvalue weighted by Gasteiger charge is -2.36. The zero-order valence-corrected chi connectivity index (χ0v) is 19.4. The first-order chi connectivity index (χ1) is 15.1. The number of fused-ring (bicyclic) bond motifs is 3. The summed E-state index contributed by atoms with van der Waals surface area (Å²) in [5.41, 5.74) is 9.82. The van der Waals surface area contributed by atoms with Gasteiger partial charge in [0.25, 0.3) is 0 Å². The van der Waals surface area contributed by atoms with E-state index in [-0.39, 0.29) is 12.3 Å². The summed E-state index contributed by atoms with van der Waals surface area (Å²) in [6.45, 7) is 4.87. The highest BCUT2D eigenvalue weighted by Crippen LogP contribution is 2.42. The van der Waals surface area contributed by atoms with E-state index in [2.05, 4.69) is 53.2 Å². The molecule has 4 rings (SSSR count). The Morgan fingerprint density at radius 2 is 2.03 bits per heavy atom. The minimum atomic E-state index is -0.651. The standard InChI is InChI=1S/C24H34N4O2S/c1-3-16-9-8-12-18-19-13-14-30-24(4-2,22(19)26-21(16)18)15-20(29)27-28-23(31)25-17-10-6-5-7-11-17/h8-9,12,17,26H,3-7,10-11,13-15H2,1-2H3,(H,27,29)(H2,25,28,31). The summed E-state index contributed by atoms with van der Waals surface area (Å²) in [7, 11) is 0. The van der Waals surface area contributed by atoms with Crippen LogP contribution < -0.4 is 16.2 Å². The highest BCUT2D eigenvalue weighted by Gasteiger charge is 2.41. The van der Waals surface area contributed by atoms with Gasteiger partial charge in [-0.2, -0.15) is 0 Å². The molecule has 1 atom stereocenters. The fourth-order valence-electron chi connectivity index (χ4n) is 5.14. The molecule has 2 aromatic rings. The van der Waals surface area contributed by atoms with Crippen molar-refractivity contribution in [1.82, 2.24) is 21.2 Å². The molecule has 1 unspecified atom stereocenters. The number of para-hydroxylation sites is 1. The number of hydrogen-bond acceptors (Lipinski definition) is 3. The van der Waals surface area contributed by atoms with E-state index < -0.39 is 5.60 Å². The van der Waals surface area contributed by atoms with Gasteiger partial charge in [0.2, 0.25) is 5.91 Å². The molecule has 2 heterocycles. The smallest absolute Gasteiger partial charge is 0.241 e. The summed E-state index contributed by atoms with van der Waals surface area (Å²) >= 11 is 5.37. The molecule has 2 aliphatic rings. The number of aromatic amines is 1. The third-order valence-corrected chi connectivity index (χ3v) is 7.09. The molecule has 0 radical (unpaired) electrons. The van der Waals surface area contributed by atoms with E-state index in [1.807, 2.05) is 0 Å². The minimum absolute atomic E-state index is 0.128. The first-order valence-corrected chi connectivity index (χ1v) is 12.1. The van der Waals surface area contributed by atoms with Gasteiger partial charge < -0.3 is 15.0 Å². The molecule has 1 saturated carbocycles. The molecular weight excluding hydrogens is 408 g/mol. The van der Waals surface area contributed by atoms with Crippen molar-refractivity contribution in [1.29, 1.82) is 0 Å². The summed E-state index contributed by atoms with van der Waals surface area (Å²) in [4.78, 5) is 16.5. The van der Waals surface area contributed by atoms with Crippen LogP contribution in [0.2, 0.25) is 0 Å².